The number of rotatable bonds is 3. The van der Waals surface area contributed by atoms with Crippen molar-refractivity contribution in [2.75, 3.05) is 13.1 Å². The molecule has 0 radical (unpaired) electrons. The third kappa shape index (κ3) is 2.40. The molecule has 0 aliphatic carbocycles. The number of hydrogen-bond acceptors (Lipinski definition) is 4. The monoisotopic (exact) mass is 345 g/mol. The third-order valence-corrected chi connectivity index (χ3v) is 6.11. The van der Waals surface area contributed by atoms with E-state index >= 15 is 0 Å². The van der Waals surface area contributed by atoms with Crippen LogP contribution >= 0.6 is 0 Å². The molecule has 0 saturated carbocycles. The zero-order chi connectivity index (χ0) is 16.7. The standard InChI is InChI=1S/C17H16FN3O2S/c18-13-3-5-14(6-4-13)24(22,23)21-11-15(12-7-9-19-10-12)17-16(21)2-1-8-20-17/h1-6,8,11-12,19H,7,9-10H2/t12-/m1/s1. The van der Waals surface area contributed by atoms with Gasteiger partial charge in [0.15, 0.2) is 0 Å². The maximum absolute atomic E-state index is 13.1. The number of fused-ring (bicyclic) bond motifs is 1. The Morgan fingerprint density at radius 1 is 1.21 bits per heavy atom. The van der Waals surface area contributed by atoms with Crippen molar-refractivity contribution in [2.45, 2.75) is 17.2 Å². The molecule has 7 heteroatoms. The molecule has 1 fully saturated rings. The molecule has 2 aromatic heterocycles. The zero-order valence-electron chi connectivity index (χ0n) is 12.8. The molecule has 1 aliphatic heterocycles. The van der Waals surface area contributed by atoms with Crippen LogP contribution in [0.25, 0.3) is 11.0 Å². The van der Waals surface area contributed by atoms with Gasteiger partial charge in [0.25, 0.3) is 10.0 Å². The molecule has 0 spiro atoms. The van der Waals surface area contributed by atoms with Gasteiger partial charge in [-0.25, -0.2) is 16.8 Å². The van der Waals surface area contributed by atoms with Crippen LogP contribution in [0, 0.1) is 5.82 Å². The fraction of sp³-hybridized carbons (Fsp3) is 0.235. The Bertz CT molecular complexity index is 990. The summed E-state index contributed by atoms with van der Waals surface area (Å²) in [5.74, 6) is -0.224. The quantitative estimate of drug-likeness (QED) is 0.792. The Morgan fingerprint density at radius 2 is 2.00 bits per heavy atom. The first-order valence-corrected chi connectivity index (χ1v) is 9.19. The van der Waals surface area contributed by atoms with Gasteiger partial charge in [0, 0.05) is 30.4 Å². The Balaban J connectivity index is 1.91. The molecule has 1 aliphatic rings. The highest BCUT2D eigenvalue weighted by molar-refractivity contribution is 7.90. The highest BCUT2D eigenvalue weighted by atomic mass is 32.2. The lowest BCUT2D eigenvalue weighted by atomic mass is 10.0. The lowest BCUT2D eigenvalue weighted by Gasteiger charge is -2.07. The molecule has 5 nitrogen and oxygen atoms in total. The fourth-order valence-electron chi connectivity index (χ4n) is 3.19. The molecule has 1 saturated heterocycles. The maximum atomic E-state index is 13.1. The Labute approximate surface area is 139 Å². The van der Waals surface area contributed by atoms with Gasteiger partial charge in [0.1, 0.15) is 5.82 Å². The van der Waals surface area contributed by atoms with Crippen molar-refractivity contribution >= 4 is 21.1 Å². The van der Waals surface area contributed by atoms with E-state index in [-0.39, 0.29) is 10.8 Å². The highest BCUT2D eigenvalue weighted by Gasteiger charge is 2.26. The molecule has 0 amide bonds. The van der Waals surface area contributed by atoms with Crippen molar-refractivity contribution in [1.82, 2.24) is 14.3 Å². The molecule has 3 aromatic rings. The minimum absolute atomic E-state index is 0.0563. The lowest BCUT2D eigenvalue weighted by molar-refractivity contribution is 0.587. The number of hydrogen-bond donors (Lipinski definition) is 1. The summed E-state index contributed by atoms with van der Waals surface area (Å²) in [5.41, 5.74) is 2.18. The summed E-state index contributed by atoms with van der Waals surface area (Å²) in [7, 11) is -3.80. The SMILES string of the molecule is O=S(=O)(c1ccc(F)cc1)n1cc([C@@H]2CCNC2)c2ncccc21. The van der Waals surface area contributed by atoms with E-state index < -0.39 is 15.8 Å². The molecule has 1 atom stereocenters. The van der Waals surface area contributed by atoms with E-state index in [1.807, 2.05) is 0 Å². The smallest absolute Gasteiger partial charge is 0.268 e. The van der Waals surface area contributed by atoms with Gasteiger partial charge in [0.05, 0.1) is 15.9 Å². The number of benzene rings is 1. The van der Waals surface area contributed by atoms with E-state index in [2.05, 4.69) is 10.3 Å². The van der Waals surface area contributed by atoms with Crippen LogP contribution in [-0.2, 0) is 10.0 Å². The van der Waals surface area contributed by atoms with Gasteiger partial charge in [-0.1, -0.05) is 0 Å². The Hall–Kier alpha value is -2.25. The normalized spacial score (nSPS) is 18.3. The molecule has 4 rings (SSSR count). The predicted octanol–water partition coefficient (Wildman–Crippen LogP) is 2.49. The molecular formula is C17H16FN3O2S. The van der Waals surface area contributed by atoms with Crippen LogP contribution < -0.4 is 5.32 Å². The average Bonchev–Trinajstić information content (AvgIpc) is 3.23. The van der Waals surface area contributed by atoms with Crippen LogP contribution in [0.2, 0.25) is 0 Å². The summed E-state index contributed by atoms with van der Waals surface area (Å²) in [5, 5.41) is 3.29. The molecule has 0 bridgehead atoms. The van der Waals surface area contributed by atoms with Crippen molar-refractivity contribution in [3.63, 3.8) is 0 Å². The first-order valence-electron chi connectivity index (χ1n) is 7.75. The van der Waals surface area contributed by atoms with E-state index in [1.54, 1.807) is 24.5 Å². The first-order chi connectivity index (χ1) is 11.6. The van der Waals surface area contributed by atoms with Crippen molar-refractivity contribution < 1.29 is 12.8 Å². The second kappa shape index (κ2) is 5.68. The van der Waals surface area contributed by atoms with Gasteiger partial charge in [-0.05, 0) is 49.4 Å². The van der Waals surface area contributed by atoms with E-state index in [9.17, 15) is 12.8 Å². The first kappa shape index (κ1) is 15.3. The summed E-state index contributed by atoms with van der Waals surface area (Å²) in [6, 6.07) is 8.33. The third-order valence-electron chi connectivity index (χ3n) is 4.42. The molecule has 1 aromatic carbocycles. The van der Waals surface area contributed by atoms with Crippen molar-refractivity contribution in [3.05, 3.63) is 60.2 Å². The number of nitrogens with zero attached hydrogens (tertiary/aromatic N) is 2. The van der Waals surface area contributed by atoms with Crippen LogP contribution in [0.4, 0.5) is 4.39 Å². The van der Waals surface area contributed by atoms with Crippen LogP contribution in [0.5, 0.6) is 0 Å². The topological polar surface area (TPSA) is 64.0 Å². The highest BCUT2D eigenvalue weighted by Crippen LogP contribution is 2.32. The Morgan fingerprint density at radius 3 is 2.71 bits per heavy atom. The Kier molecular flexibility index (Phi) is 3.62. The number of pyridine rings is 1. The van der Waals surface area contributed by atoms with Gasteiger partial charge in [-0.15, -0.1) is 0 Å². The van der Waals surface area contributed by atoms with Crippen molar-refractivity contribution in [2.24, 2.45) is 0 Å². The van der Waals surface area contributed by atoms with Crippen molar-refractivity contribution in [1.29, 1.82) is 0 Å². The largest absolute Gasteiger partial charge is 0.316 e. The molecule has 0 unspecified atom stereocenters. The van der Waals surface area contributed by atoms with Crippen LogP contribution in [0.3, 0.4) is 0 Å². The van der Waals surface area contributed by atoms with E-state index in [4.69, 9.17) is 0 Å². The molecule has 24 heavy (non-hydrogen) atoms. The van der Waals surface area contributed by atoms with Gasteiger partial charge >= 0.3 is 0 Å². The number of halogens is 1. The maximum Gasteiger partial charge on any atom is 0.268 e. The van der Waals surface area contributed by atoms with Crippen LogP contribution in [0.1, 0.15) is 17.9 Å². The van der Waals surface area contributed by atoms with Crippen LogP contribution in [-0.4, -0.2) is 30.5 Å². The van der Waals surface area contributed by atoms with Gasteiger partial charge in [0.2, 0.25) is 0 Å². The summed E-state index contributed by atoms with van der Waals surface area (Å²) >= 11 is 0. The minimum Gasteiger partial charge on any atom is -0.316 e. The number of aromatic nitrogens is 2. The molecule has 124 valence electrons. The van der Waals surface area contributed by atoms with Gasteiger partial charge in [-0.2, -0.15) is 0 Å². The number of nitrogens with one attached hydrogen (secondary N) is 1. The minimum atomic E-state index is -3.80. The summed E-state index contributed by atoms with van der Waals surface area (Å²) in [6.45, 7) is 1.72. The van der Waals surface area contributed by atoms with E-state index in [0.717, 1.165) is 37.2 Å². The van der Waals surface area contributed by atoms with E-state index in [1.165, 1.54) is 16.1 Å². The van der Waals surface area contributed by atoms with Crippen molar-refractivity contribution in [3.8, 4) is 0 Å². The zero-order valence-corrected chi connectivity index (χ0v) is 13.6. The second-order valence-electron chi connectivity index (χ2n) is 5.90. The van der Waals surface area contributed by atoms with Gasteiger partial charge < -0.3 is 5.32 Å². The summed E-state index contributed by atoms with van der Waals surface area (Å²) < 4.78 is 40.3. The summed E-state index contributed by atoms with van der Waals surface area (Å²) in [6.07, 6.45) is 4.28. The lowest BCUT2D eigenvalue weighted by Crippen LogP contribution is -2.12. The fourth-order valence-corrected chi connectivity index (χ4v) is 4.56. The molecule has 3 heterocycles. The second-order valence-corrected chi connectivity index (χ2v) is 7.72. The molecule has 1 N–H and O–H groups in total. The predicted molar refractivity (Wildman–Crippen MR) is 88.9 cm³/mol. The van der Waals surface area contributed by atoms with E-state index in [0.29, 0.717) is 11.0 Å². The summed E-state index contributed by atoms with van der Waals surface area (Å²) in [4.78, 5) is 4.45. The van der Waals surface area contributed by atoms with Crippen LogP contribution in [0.15, 0.2) is 53.7 Å². The molecular weight excluding hydrogens is 329 g/mol. The van der Waals surface area contributed by atoms with Gasteiger partial charge in [-0.3, -0.25) is 4.98 Å². The average molecular weight is 345 g/mol.